The Balaban J connectivity index is 5.40. The van der Waals surface area contributed by atoms with Crippen LogP contribution in [0.25, 0.3) is 0 Å². The lowest BCUT2D eigenvalue weighted by atomic mass is 10.0. The van der Waals surface area contributed by atoms with Gasteiger partial charge in [0.25, 0.3) is 0 Å². The highest BCUT2D eigenvalue weighted by atomic mass is 31.2. The Labute approximate surface area is 619 Å². The smallest absolute Gasteiger partial charge is 0.462 e. The number of esters is 4. The molecule has 3 N–H and O–H groups in total. The fourth-order valence-corrected chi connectivity index (χ4v) is 12.1. The maximum absolute atomic E-state index is 13.1. The number of aliphatic hydroxyl groups excluding tert-OH is 1. The lowest BCUT2D eigenvalue weighted by Crippen LogP contribution is -2.30. The highest BCUT2D eigenvalue weighted by molar-refractivity contribution is 7.47. The first-order chi connectivity index (χ1) is 49.7. The van der Waals surface area contributed by atoms with Gasteiger partial charge in [-0.15, -0.1) is 0 Å². The van der Waals surface area contributed by atoms with Crippen LogP contribution in [0.1, 0.15) is 323 Å². The van der Waals surface area contributed by atoms with Crippen LogP contribution >= 0.6 is 15.6 Å². The number of aliphatic hydroxyl groups is 1. The van der Waals surface area contributed by atoms with Crippen molar-refractivity contribution in [2.24, 2.45) is 0 Å². The van der Waals surface area contributed by atoms with E-state index in [0.29, 0.717) is 25.7 Å². The second kappa shape index (κ2) is 74.7. The molecule has 5 unspecified atom stereocenters. The van der Waals surface area contributed by atoms with Gasteiger partial charge in [-0.25, -0.2) is 9.13 Å². The molecule has 5 atom stereocenters. The number of allylic oxidation sites excluding steroid dienone is 20. The van der Waals surface area contributed by atoms with Crippen molar-refractivity contribution in [3.8, 4) is 0 Å². The van der Waals surface area contributed by atoms with Crippen LogP contribution in [0, 0.1) is 0 Å². The predicted molar refractivity (Wildman–Crippen MR) is 418 cm³/mol. The molecule has 102 heavy (non-hydrogen) atoms. The Kier molecular flexibility index (Phi) is 71.4. The van der Waals surface area contributed by atoms with Gasteiger partial charge >= 0.3 is 39.5 Å². The molecule has 0 aliphatic heterocycles. The number of carbonyl (C=O) groups excluding carboxylic acids is 4. The molecule has 0 aliphatic carbocycles. The molecule has 586 valence electrons. The molecule has 0 heterocycles. The van der Waals surface area contributed by atoms with E-state index < -0.39 is 97.5 Å². The molecule has 0 aromatic rings. The van der Waals surface area contributed by atoms with Gasteiger partial charge in [-0.3, -0.25) is 37.3 Å². The number of unbranched alkanes of at least 4 members (excludes halogenated alkanes) is 28. The van der Waals surface area contributed by atoms with Crippen LogP contribution in [0.5, 0.6) is 0 Å². The fourth-order valence-electron chi connectivity index (χ4n) is 10.5. The number of carbonyl (C=O) groups is 4. The van der Waals surface area contributed by atoms with Gasteiger partial charge in [-0.2, -0.15) is 0 Å². The summed E-state index contributed by atoms with van der Waals surface area (Å²) in [6, 6.07) is 0. The second-order valence-electron chi connectivity index (χ2n) is 26.2. The molecule has 0 spiro atoms. The lowest BCUT2D eigenvalue weighted by Gasteiger charge is -2.21. The lowest BCUT2D eigenvalue weighted by molar-refractivity contribution is -0.161. The van der Waals surface area contributed by atoms with Crippen LogP contribution in [0.15, 0.2) is 122 Å². The zero-order valence-electron chi connectivity index (χ0n) is 64.0. The first-order valence-electron chi connectivity index (χ1n) is 39.8. The molecular formula is C83H142O17P2. The summed E-state index contributed by atoms with van der Waals surface area (Å²) in [6.07, 6.45) is 81.8. The Morgan fingerprint density at radius 1 is 0.284 bits per heavy atom. The third-order valence-electron chi connectivity index (χ3n) is 16.4. The second-order valence-corrected chi connectivity index (χ2v) is 29.1. The van der Waals surface area contributed by atoms with Gasteiger partial charge in [0.15, 0.2) is 12.2 Å². The number of hydrogen-bond acceptors (Lipinski definition) is 15. The molecule has 0 radical (unpaired) electrons. The first kappa shape index (κ1) is 97.5. The van der Waals surface area contributed by atoms with Crippen LogP contribution < -0.4 is 0 Å². The van der Waals surface area contributed by atoms with E-state index in [4.69, 9.17) is 37.0 Å². The first-order valence-corrected chi connectivity index (χ1v) is 42.8. The third kappa shape index (κ3) is 73.8. The molecule has 0 rings (SSSR count). The zero-order chi connectivity index (χ0) is 74.6. The zero-order valence-corrected chi connectivity index (χ0v) is 65.8. The van der Waals surface area contributed by atoms with Gasteiger partial charge in [0.2, 0.25) is 0 Å². The molecule has 0 saturated heterocycles. The number of phosphoric ester groups is 2. The van der Waals surface area contributed by atoms with Crippen molar-refractivity contribution in [3.05, 3.63) is 122 Å². The Bertz CT molecular complexity index is 2410. The Morgan fingerprint density at radius 3 is 0.804 bits per heavy atom. The average Bonchev–Trinajstić information content (AvgIpc) is 0.926. The van der Waals surface area contributed by atoms with Crippen molar-refractivity contribution < 1.29 is 80.2 Å². The number of ether oxygens (including phenoxy) is 4. The van der Waals surface area contributed by atoms with E-state index >= 15 is 0 Å². The van der Waals surface area contributed by atoms with Crippen molar-refractivity contribution in [3.63, 3.8) is 0 Å². The standard InChI is InChI=1S/C83H142O17P2/c1-5-9-13-17-21-25-29-33-37-38-42-44-48-52-56-60-64-68-81(86)94-74-79(100-83(88)70-66-62-58-54-50-46-41-36-32-28-24-20-16-12-8-4)76-98-102(91,92)96-72-77(84)71-95-101(89,90)97-75-78(99-82(87)69-65-61-57-53-49-45-40-35-31-27-23-19-15-11-7-3)73-93-80(85)67-63-59-55-51-47-43-39-34-30-26-22-18-14-10-6-2/h9-10,12-14,16,21-22,24-26,28,33-34,36-37,39,41,47,51,77-79,84H,5-8,11,15,17-20,23,27,29-32,35,38,40,42-46,48-50,52-76H2,1-4H3,(H,89,90)(H,91,92)/b13-9-,14-10-,16-12-,25-21-,26-22-,28-24-,37-33-,39-34-,41-36-,51-47-. The van der Waals surface area contributed by atoms with Gasteiger partial charge < -0.3 is 33.8 Å². The van der Waals surface area contributed by atoms with Crippen molar-refractivity contribution in [2.75, 3.05) is 39.6 Å². The van der Waals surface area contributed by atoms with Crippen molar-refractivity contribution in [1.82, 2.24) is 0 Å². The molecule has 0 amide bonds. The summed E-state index contributed by atoms with van der Waals surface area (Å²) in [5, 5.41) is 10.6. The fraction of sp³-hybridized carbons (Fsp3) is 0.711. The number of phosphoric acid groups is 2. The molecule has 19 heteroatoms. The summed E-state index contributed by atoms with van der Waals surface area (Å²) in [7, 11) is -9.97. The van der Waals surface area contributed by atoms with Gasteiger partial charge in [-0.05, 0) is 128 Å². The maximum atomic E-state index is 13.1. The van der Waals surface area contributed by atoms with E-state index in [1.807, 2.05) is 0 Å². The number of hydrogen-bond donors (Lipinski definition) is 3. The molecular weight excluding hydrogens is 1330 g/mol. The van der Waals surface area contributed by atoms with Crippen LogP contribution in [0.3, 0.4) is 0 Å². The molecule has 0 fully saturated rings. The van der Waals surface area contributed by atoms with Crippen LogP contribution in [0.2, 0.25) is 0 Å². The summed E-state index contributed by atoms with van der Waals surface area (Å²) in [4.78, 5) is 73.0. The molecule has 0 aliphatic rings. The van der Waals surface area contributed by atoms with Gasteiger partial charge in [-0.1, -0.05) is 290 Å². The third-order valence-corrected chi connectivity index (χ3v) is 18.3. The van der Waals surface area contributed by atoms with E-state index in [9.17, 15) is 43.2 Å². The minimum Gasteiger partial charge on any atom is -0.462 e. The minimum atomic E-state index is -4.99. The van der Waals surface area contributed by atoms with E-state index in [0.717, 1.165) is 180 Å². The molecule has 0 bridgehead atoms. The summed E-state index contributed by atoms with van der Waals surface area (Å²) in [5.41, 5.74) is 0. The van der Waals surface area contributed by atoms with Crippen molar-refractivity contribution >= 4 is 39.5 Å². The summed E-state index contributed by atoms with van der Waals surface area (Å²) < 4.78 is 68.6. The topological polar surface area (TPSA) is 237 Å². The monoisotopic (exact) mass is 1470 g/mol. The quantitative estimate of drug-likeness (QED) is 0.0169. The molecule has 0 saturated carbocycles. The highest BCUT2D eigenvalue weighted by Gasteiger charge is 2.30. The average molecular weight is 1470 g/mol. The summed E-state index contributed by atoms with van der Waals surface area (Å²) in [6.45, 7) is 4.49. The predicted octanol–water partition coefficient (Wildman–Crippen LogP) is 23.1. The molecule has 17 nitrogen and oxygen atoms in total. The van der Waals surface area contributed by atoms with E-state index in [1.54, 1.807) is 0 Å². The van der Waals surface area contributed by atoms with Gasteiger partial charge in [0, 0.05) is 25.7 Å². The van der Waals surface area contributed by atoms with Gasteiger partial charge in [0.05, 0.1) is 26.4 Å². The maximum Gasteiger partial charge on any atom is 0.472 e. The normalized spacial score (nSPS) is 14.5. The Hall–Kier alpha value is -4.54. The largest absolute Gasteiger partial charge is 0.472 e. The van der Waals surface area contributed by atoms with Crippen LogP contribution in [0.4, 0.5) is 0 Å². The SMILES string of the molecule is CC/C=C\C/C=C\C/C=C\C/C=C\CCCCC(=O)OCC(COP(=O)(O)OCC(O)COP(=O)(O)OCC(COC(=O)CCCCCCCCC/C=C\C/C=C\C/C=C\CC)OC(=O)CCCCCCC/C=C\C/C=C\C/C=C\CC)OC(=O)CCCCCCCCCCCCCCCCC. The van der Waals surface area contributed by atoms with E-state index in [2.05, 4.69) is 149 Å². The molecule has 0 aromatic heterocycles. The van der Waals surface area contributed by atoms with Crippen molar-refractivity contribution in [1.29, 1.82) is 0 Å². The van der Waals surface area contributed by atoms with Crippen molar-refractivity contribution in [2.45, 2.75) is 341 Å². The van der Waals surface area contributed by atoms with E-state index in [1.165, 1.54) is 64.2 Å². The van der Waals surface area contributed by atoms with Crippen LogP contribution in [-0.2, 0) is 65.4 Å². The molecule has 0 aromatic carbocycles. The number of rotatable bonds is 74. The van der Waals surface area contributed by atoms with Crippen LogP contribution in [-0.4, -0.2) is 96.7 Å². The van der Waals surface area contributed by atoms with E-state index in [-0.39, 0.29) is 25.7 Å². The Morgan fingerprint density at radius 2 is 0.510 bits per heavy atom. The highest BCUT2D eigenvalue weighted by Crippen LogP contribution is 2.45. The summed E-state index contributed by atoms with van der Waals surface area (Å²) in [5.74, 6) is -2.24. The van der Waals surface area contributed by atoms with Gasteiger partial charge in [0.1, 0.15) is 19.3 Å². The summed E-state index contributed by atoms with van der Waals surface area (Å²) >= 11 is 0. The minimum absolute atomic E-state index is 0.0707.